The van der Waals surface area contributed by atoms with Gasteiger partial charge in [-0.15, -0.1) is 0 Å². The van der Waals surface area contributed by atoms with Crippen LogP contribution in [0.4, 0.5) is 8.78 Å². The molecule has 98 valence electrons. The van der Waals surface area contributed by atoms with Gasteiger partial charge in [0, 0.05) is 6.04 Å². The van der Waals surface area contributed by atoms with Crippen molar-refractivity contribution < 1.29 is 23.1 Å². The molecule has 0 aliphatic heterocycles. The van der Waals surface area contributed by atoms with Crippen LogP contribution in [0, 0.1) is 11.6 Å². The second-order valence-corrected chi connectivity index (χ2v) is 3.75. The molecule has 1 amide bonds. The van der Waals surface area contributed by atoms with E-state index in [2.05, 4.69) is 10.1 Å². The molecular formula is C12H13F2NO3. The summed E-state index contributed by atoms with van der Waals surface area (Å²) >= 11 is 0. The molecule has 1 atom stereocenters. The molecule has 18 heavy (non-hydrogen) atoms. The summed E-state index contributed by atoms with van der Waals surface area (Å²) in [7, 11) is 1.22. The average Bonchev–Trinajstić information content (AvgIpc) is 2.28. The molecule has 0 radical (unpaired) electrons. The highest BCUT2D eigenvalue weighted by Gasteiger charge is 2.19. The number of rotatable bonds is 4. The summed E-state index contributed by atoms with van der Waals surface area (Å²) in [4.78, 5) is 22.6. The van der Waals surface area contributed by atoms with Gasteiger partial charge in [0.2, 0.25) is 0 Å². The molecule has 0 aromatic heterocycles. The van der Waals surface area contributed by atoms with Gasteiger partial charge in [-0.1, -0.05) is 6.07 Å². The molecule has 0 saturated heterocycles. The molecule has 0 aliphatic carbocycles. The summed E-state index contributed by atoms with van der Waals surface area (Å²) in [6.45, 7) is 1.54. The van der Waals surface area contributed by atoms with E-state index in [1.165, 1.54) is 20.1 Å². The van der Waals surface area contributed by atoms with E-state index in [0.717, 1.165) is 12.1 Å². The van der Waals surface area contributed by atoms with Crippen LogP contribution in [0.2, 0.25) is 0 Å². The van der Waals surface area contributed by atoms with Crippen LogP contribution in [-0.2, 0) is 9.53 Å². The number of ether oxygens (including phenoxy) is 1. The van der Waals surface area contributed by atoms with Gasteiger partial charge in [-0.25, -0.2) is 8.78 Å². The molecule has 1 N–H and O–H groups in total. The van der Waals surface area contributed by atoms with E-state index in [9.17, 15) is 18.4 Å². The van der Waals surface area contributed by atoms with E-state index in [1.54, 1.807) is 0 Å². The summed E-state index contributed by atoms with van der Waals surface area (Å²) in [5.74, 6) is -3.31. The van der Waals surface area contributed by atoms with Gasteiger partial charge in [0.1, 0.15) is 17.2 Å². The van der Waals surface area contributed by atoms with Crippen LogP contribution in [0.3, 0.4) is 0 Å². The summed E-state index contributed by atoms with van der Waals surface area (Å²) < 4.78 is 31.0. The van der Waals surface area contributed by atoms with E-state index in [0.29, 0.717) is 0 Å². The SMILES string of the molecule is COC(=O)CC(C)NC(=O)c1c(F)cccc1F. The molecule has 0 saturated carbocycles. The van der Waals surface area contributed by atoms with Crippen molar-refractivity contribution >= 4 is 11.9 Å². The molecular weight excluding hydrogens is 244 g/mol. The lowest BCUT2D eigenvalue weighted by atomic mass is 10.1. The van der Waals surface area contributed by atoms with Gasteiger partial charge in [-0.05, 0) is 19.1 Å². The topological polar surface area (TPSA) is 55.4 Å². The van der Waals surface area contributed by atoms with Crippen LogP contribution in [0.1, 0.15) is 23.7 Å². The summed E-state index contributed by atoms with van der Waals surface area (Å²) in [6.07, 6.45) is -0.0711. The van der Waals surface area contributed by atoms with E-state index in [1.807, 2.05) is 0 Å². The van der Waals surface area contributed by atoms with Crippen molar-refractivity contribution in [1.29, 1.82) is 0 Å². The lowest BCUT2D eigenvalue weighted by Crippen LogP contribution is -2.35. The Hall–Kier alpha value is -1.98. The number of esters is 1. The fourth-order valence-electron chi connectivity index (χ4n) is 1.40. The Labute approximate surface area is 103 Å². The van der Waals surface area contributed by atoms with Crippen molar-refractivity contribution in [3.63, 3.8) is 0 Å². The fraction of sp³-hybridized carbons (Fsp3) is 0.333. The summed E-state index contributed by atoms with van der Waals surface area (Å²) in [5.41, 5.74) is -0.658. The third-order valence-corrected chi connectivity index (χ3v) is 2.27. The van der Waals surface area contributed by atoms with Crippen LogP contribution in [0.15, 0.2) is 18.2 Å². The predicted molar refractivity (Wildman–Crippen MR) is 59.9 cm³/mol. The number of benzene rings is 1. The van der Waals surface area contributed by atoms with Gasteiger partial charge in [0.15, 0.2) is 0 Å². The first-order valence-electron chi connectivity index (χ1n) is 5.27. The number of halogens is 2. The Balaban J connectivity index is 2.74. The zero-order valence-electron chi connectivity index (χ0n) is 10.00. The van der Waals surface area contributed by atoms with Crippen LogP contribution >= 0.6 is 0 Å². The van der Waals surface area contributed by atoms with Crippen LogP contribution < -0.4 is 5.32 Å². The smallest absolute Gasteiger partial charge is 0.307 e. The maximum atomic E-state index is 13.3. The first kappa shape index (κ1) is 14.1. The summed E-state index contributed by atoms with van der Waals surface area (Å²) in [5, 5.41) is 2.32. The Kier molecular flexibility index (Phi) is 4.76. The first-order chi connectivity index (χ1) is 8.45. The number of carbonyl (C=O) groups excluding carboxylic acids is 2. The van der Waals surface area contributed by atoms with Crippen molar-refractivity contribution in [2.24, 2.45) is 0 Å². The molecule has 0 aliphatic rings. The van der Waals surface area contributed by atoms with Gasteiger partial charge in [0.25, 0.3) is 5.91 Å². The first-order valence-corrected chi connectivity index (χ1v) is 5.27. The minimum absolute atomic E-state index is 0.0711. The minimum Gasteiger partial charge on any atom is -0.469 e. The zero-order valence-corrected chi connectivity index (χ0v) is 10.00. The molecule has 1 unspecified atom stereocenters. The largest absolute Gasteiger partial charge is 0.469 e. The average molecular weight is 257 g/mol. The van der Waals surface area contributed by atoms with E-state index in [-0.39, 0.29) is 6.42 Å². The van der Waals surface area contributed by atoms with Crippen LogP contribution in [0.25, 0.3) is 0 Å². The Bertz CT molecular complexity index is 442. The normalized spacial score (nSPS) is 11.8. The molecule has 0 spiro atoms. The highest BCUT2D eigenvalue weighted by Crippen LogP contribution is 2.12. The van der Waals surface area contributed by atoms with Crippen molar-refractivity contribution in [3.8, 4) is 0 Å². The predicted octanol–water partition coefficient (Wildman–Crippen LogP) is 1.65. The maximum absolute atomic E-state index is 13.3. The van der Waals surface area contributed by atoms with E-state index >= 15 is 0 Å². The molecule has 4 nitrogen and oxygen atoms in total. The summed E-state index contributed by atoms with van der Waals surface area (Å²) in [6, 6.07) is 2.56. The lowest BCUT2D eigenvalue weighted by molar-refractivity contribution is -0.141. The number of methoxy groups -OCH3 is 1. The third kappa shape index (κ3) is 3.51. The monoisotopic (exact) mass is 257 g/mol. The van der Waals surface area contributed by atoms with Crippen molar-refractivity contribution in [3.05, 3.63) is 35.4 Å². The molecule has 0 bridgehead atoms. The molecule has 1 aromatic rings. The molecule has 0 fully saturated rings. The number of hydrogen-bond acceptors (Lipinski definition) is 3. The van der Waals surface area contributed by atoms with E-state index in [4.69, 9.17) is 0 Å². The maximum Gasteiger partial charge on any atom is 0.307 e. The molecule has 6 heteroatoms. The van der Waals surface area contributed by atoms with Crippen molar-refractivity contribution in [1.82, 2.24) is 5.32 Å². The van der Waals surface area contributed by atoms with Crippen molar-refractivity contribution in [2.45, 2.75) is 19.4 Å². The van der Waals surface area contributed by atoms with Gasteiger partial charge < -0.3 is 10.1 Å². The highest BCUT2D eigenvalue weighted by atomic mass is 19.1. The Morgan fingerprint density at radius 1 is 1.33 bits per heavy atom. The lowest BCUT2D eigenvalue weighted by Gasteiger charge is -2.13. The van der Waals surface area contributed by atoms with E-state index < -0.39 is 35.1 Å². The Morgan fingerprint density at radius 2 is 1.89 bits per heavy atom. The third-order valence-electron chi connectivity index (χ3n) is 2.27. The van der Waals surface area contributed by atoms with Crippen LogP contribution in [0.5, 0.6) is 0 Å². The minimum atomic E-state index is -0.947. The van der Waals surface area contributed by atoms with Gasteiger partial charge in [0.05, 0.1) is 13.5 Å². The number of hydrogen-bond donors (Lipinski definition) is 1. The molecule has 0 heterocycles. The van der Waals surface area contributed by atoms with Gasteiger partial charge >= 0.3 is 5.97 Å². The zero-order chi connectivity index (χ0) is 13.7. The van der Waals surface area contributed by atoms with Gasteiger partial charge in [-0.2, -0.15) is 0 Å². The second kappa shape index (κ2) is 6.09. The second-order valence-electron chi connectivity index (χ2n) is 3.75. The quantitative estimate of drug-likeness (QED) is 0.834. The number of nitrogens with one attached hydrogen (secondary N) is 1. The number of carbonyl (C=O) groups is 2. The molecule has 1 aromatic carbocycles. The number of amides is 1. The highest BCUT2D eigenvalue weighted by molar-refractivity contribution is 5.95. The van der Waals surface area contributed by atoms with Crippen molar-refractivity contribution in [2.75, 3.05) is 7.11 Å². The molecule has 1 rings (SSSR count). The fourth-order valence-corrected chi connectivity index (χ4v) is 1.40. The van der Waals surface area contributed by atoms with Crippen LogP contribution in [-0.4, -0.2) is 25.0 Å². The Morgan fingerprint density at radius 3 is 2.39 bits per heavy atom. The van der Waals surface area contributed by atoms with Gasteiger partial charge in [-0.3, -0.25) is 9.59 Å². The standard InChI is InChI=1S/C12H13F2NO3/c1-7(6-10(16)18-2)15-12(17)11-8(13)4-3-5-9(11)14/h3-5,7H,6H2,1-2H3,(H,15,17).